The van der Waals surface area contributed by atoms with E-state index in [0.29, 0.717) is 12.8 Å². The van der Waals surface area contributed by atoms with Gasteiger partial charge in [0.2, 0.25) is 12.3 Å². The van der Waals surface area contributed by atoms with Crippen molar-refractivity contribution in [1.82, 2.24) is 10.6 Å². The van der Waals surface area contributed by atoms with Crippen LogP contribution in [0.15, 0.2) is 48.5 Å². The van der Waals surface area contributed by atoms with Crippen molar-refractivity contribution in [3.05, 3.63) is 59.7 Å². The number of nitrogens with one attached hydrogen (secondary N) is 2. The Bertz CT molecular complexity index is 1020. The summed E-state index contributed by atoms with van der Waals surface area (Å²) in [4.78, 5) is 35.9. The van der Waals surface area contributed by atoms with Crippen LogP contribution >= 0.6 is 0 Å². The molecule has 2 aliphatic carbocycles. The first kappa shape index (κ1) is 22.7. The first-order valence-corrected chi connectivity index (χ1v) is 10.7. The molecule has 1 saturated carbocycles. The number of carbonyl (C=O) groups is 3. The van der Waals surface area contributed by atoms with Crippen molar-refractivity contribution in [3.8, 4) is 11.1 Å². The van der Waals surface area contributed by atoms with E-state index < -0.39 is 42.4 Å². The second-order valence-electron chi connectivity index (χ2n) is 8.49. The molecule has 1 fully saturated rings. The molecule has 0 aromatic heterocycles. The minimum atomic E-state index is -2.84. The second kappa shape index (κ2) is 9.17. The molecule has 1 unspecified atom stereocenters. The lowest BCUT2D eigenvalue weighted by Crippen LogP contribution is -2.51. The summed E-state index contributed by atoms with van der Waals surface area (Å²) < 4.78 is 31.4. The topological polar surface area (TPSA) is 105 Å². The van der Waals surface area contributed by atoms with Crippen LogP contribution in [-0.2, 0) is 14.3 Å². The second-order valence-corrected chi connectivity index (χ2v) is 8.49. The number of hydrogen-bond donors (Lipinski definition) is 3. The van der Waals surface area contributed by atoms with Crippen LogP contribution in [0.5, 0.6) is 0 Å². The number of fused-ring (bicyclic) bond motifs is 3. The van der Waals surface area contributed by atoms with Gasteiger partial charge in [-0.25, -0.2) is 13.6 Å². The van der Waals surface area contributed by atoms with Gasteiger partial charge in [-0.15, -0.1) is 0 Å². The summed E-state index contributed by atoms with van der Waals surface area (Å²) in [5.41, 5.74) is 3.15. The highest BCUT2D eigenvalue weighted by atomic mass is 19.3. The fraction of sp³-hybridized carbons (Fsp3) is 0.375. The van der Waals surface area contributed by atoms with Crippen LogP contribution in [-0.4, -0.2) is 47.7 Å². The lowest BCUT2D eigenvalue weighted by molar-refractivity contribution is -0.138. The maximum atomic E-state index is 13.1. The van der Waals surface area contributed by atoms with Gasteiger partial charge in [-0.3, -0.25) is 9.59 Å². The predicted molar refractivity (Wildman–Crippen MR) is 115 cm³/mol. The Morgan fingerprint density at radius 2 is 1.61 bits per heavy atom. The van der Waals surface area contributed by atoms with E-state index in [1.807, 2.05) is 48.5 Å². The van der Waals surface area contributed by atoms with Crippen molar-refractivity contribution in [2.75, 3.05) is 6.61 Å². The third-order valence-corrected chi connectivity index (χ3v) is 6.10. The zero-order valence-electron chi connectivity index (χ0n) is 17.7. The van der Waals surface area contributed by atoms with E-state index >= 15 is 0 Å². The van der Waals surface area contributed by atoms with Crippen LogP contribution in [0.3, 0.4) is 0 Å². The highest BCUT2D eigenvalue weighted by Gasteiger charge is 2.47. The van der Waals surface area contributed by atoms with Crippen LogP contribution in [0.2, 0.25) is 0 Å². The minimum absolute atomic E-state index is 0.0220. The molecule has 1 atom stereocenters. The number of ether oxygens (including phenoxy) is 1. The quantitative estimate of drug-likeness (QED) is 0.532. The molecule has 3 N–H and O–H groups in total. The zero-order valence-corrected chi connectivity index (χ0v) is 17.7. The Morgan fingerprint density at radius 3 is 2.12 bits per heavy atom. The van der Waals surface area contributed by atoms with Crippen molar-refractivity contribution < 1.29 is 33.0 Å². The molecule has 0 aliphatic heterocycles. The summed E-state index contributed by atoms with van der Waals surface area (Å²) in [5.74, 6) is -2.15. The van der Waals surface area contributed by atoms with E-state index in [1.54, 1.807) is 0 Å². The Balaban J connectivity index is 1.40. The van der Waals surface area contributed by atoms with E-state index in [-0.39, 0.29) is 18.9 Å². The molecule has 2 aromatic rings. The Hall–Kier alpha value is -3.49. The van der Waals surface area contributed by atoms with Crippen molar-refractivity contribution in [3.63, 3.8) is 0 Å². The number of halogens is 2. The molecule has 33 heavy (non-hydrogen) atoms. The number of rotatable bonds is 9. The molecule has 2 aliphatic rings. The molecule has 4 rings (SSSR count). The summed E-state index contributed by atoms with van der Waals surface area (Å²) in [6.07, 6.45) is -4.15. The van der Waals surface area contributed by atoms with E-state index in [2.05, 4.69) is 10.6 Å². The van der Waals surface area contributed by atoms with Crippen molar-refractivity contribution in [2.45, 2.75) is 49.6 Å². The summed E-state index contributed by atoms with van der Waals surface area (Å²) in [5, 5.41) is 13.7. The van der Waals surface area contributed by atoms with E-state index in [9.17, 15) is 23.2 Å². The number of alkyl carbamates (subject to hydrolysis) is 1. The standard InChI is InChI=1S/C24H24F2N2O5/c25-20(26)11-19(22(31)28-24(9-10-24)12-21(29)30)27-23(32)33-13-18-16-7-3-1-5-14(16)15-6-2-4-8-17(15)18/h1-8,18-20H,9-13H2,(H,27,32)(H,28,31)(H,29,30). The molecular weight excluding hydrogens is 434 g/mol. The normalized spacial score (nSPS) is 16.5. The smallest absolute Gasteiger partial charge is 0.407 e. The van der Waals surface area contributed by atoms with Crippen LogP contribution in [0.4, 0.5) is 13.6 Å². The highest BCUT2D eigenvalue weighted by molar-refractivity contribution is 5.87. The molecule has 174 valence electrons. The first-order chi connectivity index (χ1) is 15.8. The number of hydrogen-bond acceptors (Lipinski definition) is 4. The van der Waals surface area contributed by atoms with Gasteiger partial charge in [-0.2, -0.15) is 0 Å². The van der Waals surface area contributed by atoms with Gasteiger partial charge in [0.15, 0.2) is 0 Å². The molecule has 0 bridgehead atoms. The third kappa shape index (κ3) is 5.13. The average Bonchev–Trinajstić information content (AvgIpc) is 3.43. The van der Waals surface area contributed by atoms with E-state index in [1.165, 1.54) is 0 Å². The van der Waals surface area contributed by atoms with Crippen molar-refractivity contribution in [2.24, 2.45) is 0 Å². The molecule has 0 heterocycles. The van der Waals surface area contributed by atoms with Gasteiger partial charge in [0.05, 0.1) is 12.0 Å². The summed E-state index contributed by atoms with van der Waals surface area (Å²) in [7, 11) is 0. The minimum Gasteiger partial charge on any atom is -0.481 e. The van der Waals surface area contributed by atoms with Gasteiger partial charge in [-0.05, 0) is 35.1 Å². The zero-order chi connectivity index (χ0) is 23.6. The largest absolute Gasteiger partial charge is 0.481 e. The summed E-state index contributed by atoms with van der Waals surface area (Å²) in [6.45, 7) is -0.0220. The number of alkyl halides is 2. The van der Waals surface area contributed by atoms with Gasteiger partial charge in [0.25, 0.3) is 0 Å². The van der Waals surface area contributed by atoms with E-state index in [0.717, 1.165) is 22.3 Å². The number of benzene rings is 2. The predicted octanol–water partition coefficient (Wildman–Crippen LogP) is 3.67. The molecule has 0 saturated heterocycles. The Labute approximate surface area is 189 Å². The molecule has 0 spiro atoms. The van der Waals surface area contributed by atoms with Gasteiger partial charge >= 0.3 is 12.1 Å². The highest BCUT2D eigenvalue weighted by Crippen LogP contribution is 2.44. The Kier molecular flexibility index (Phi) is 6.31. The fourth-order valence-electron chi connectivity index (χ4n) is 4.33. The SMILES string of the molecule is O=C(O)CC1(NC(=O)C(CC(F)F)NC(=O)OCC2c3ccccc3-c3ccccc32)CC1. The number of amides is 2. The molecule has 9 heteroatoms. The molecular formula is C24H24F2N2O5. The van der Waals surface area contributed by atoms with E-state index in [4.69, 9.17) is 9.84 Å². The number of carboxylic acid groups (broad SMARTS) is 1. The lowest BCUT2D eigenvalue weighted by Gasteiger charge is -2.22. The molecule has 2 amide bonds. The third-order valence-electron chi connectivity index (χ3n) is 6.10. The maximum absolute atomic E-state index is 13.1. The van der Waals surface area contributed by atoms with Gasteiger partial charge < -0.3 is 20.5 Å². The van der Waals surface area contributed by atoms with Crippen LogP contribution in [0.25, 0.3) is 11.1 Å². The van der Waals surface area contributed by atoms with Crippen LogP contribution in [0, 0.1) is 0 Å². The maximum Gasteiger partial charge on any atom is 0.407 e. The molecule has 0 radical (unpaired) electrons. The van der Waals surface area contributed by atoms with Crippen LogP contribution in [0.1, 0.15) is 42.7 Å². The Morgan fingerprint density at radius 1 is 1.03 bits per heavy atom. The lowest BCUT2D eigenvalue weighted by atomic mass is 9.98. The first-order valence-electron chi connectivity index (χ1n) is 10.7. The monoisotopic (exact) mass is 458 g/mol. The van der Waals surface area contributed by atoms with Gasteiger partial charge in [-0.1, -0.05) is 48.5 Å². The van der Waals surface area contributed by atoms with Gasteiger partial charge in [0, 0.05) is 12.3 Å². The fourth-order valence-corrected chi connectivity index (χ4v) is 4.33. The number of carbonyl (C=O) groups excluding carboxylic acids is 2. The molecule has 7 nitrogen and oxygen atoms in total. The van der Waals surface area contributed by atoms with Crippen molar-refractivity contribution in [1.29, 1.82) is 0 Å². The number of aliphatic carboxylic acids is 1. The summed E-state index contributed by atoms with van der Waals surface area (Å²) >= 11 is 0. The van der Waals surface area contributed by atoms with Crippen LogP contribution < -0.4 is 10.6 Å². The number of carboxylic acids is 1. The van der Waals surface area contributed by atoms with Crippen molar-refractivity contribution >= 4 is 18.0 Å². The summed E-state index contributed by atoms with van der Waals surface area (Å²) in [6, 6.07) is 14.0. The van der Waals surface area contributed by atoms with Gasteiger partial charge in [0.1, 0.15) is 12.6 Å². The molecule has 2 aromatic carbocycles. The average molecular weight is 458 g/mol.